The van der Waals surface area contributed by atoms with E-state index in [2.05, 4.69) is 24.1 Å². The van der Waals surface area contributed by atoms with Crippen LogP contribution < -0.4 is 10.1 Å². The second-order valence-electron chi connectivity index (χ2n) is 5.48. The van der Waals surface area contributed by atoms with Gasteiger partial charge in [0.25, 0.3) is 0 Å². The molecule has 0 saturated carbocycles. The molecule has 114 valence electrons. The van der Waals surface area contributed by atoms with E-state index in [0.29, 0.717) is 23.3 Å². The Labute approximate surface area is 135 Å². The molecular weight excluding hydrogens is 304 g/mol. The second kappa shape index (κ2) is 7.78. The summed E-state index contributed by atoms with van der Waals surface area (Å²) in [5, 5.41) is 7.15. The zero-order valence-corrected chi connectivity index (χ0v) is 14.2. The molecule has 0 spiro atoms. The minimum Gasteiger partial charge on any atom is -0.486 e. The van der Waals surface area contributed by atoms with E-state index in [-0.39, 0.29) is 0 Å². The van der Waals surface area contributed by atoms with Crippen molar-refractivity contribution in [3.05, 3.63) is 44.9 Å². The first kappa shape index (κ1) is 16.3. The maximum absolute atomic E-state index is 6.11. The third-order valence-electron chi connectivity index (χ3n) is 2.89. The Bertz CT molecular complexity index is 583. The summed E-state index contributed by atoms with van der Waals surface area (Å²) in [5.74, 6) is 1.36. The van der Waals surface area contributed by atoms with Crippen LogP contribution in [0.2, 0.25) is 5.02 Å². The van der Waals surface area contributed by atoms with E-state index in [4.69, 9.17) is 16.3 Å². The molecule has 1 aromatic heterocycles. The zero-order chi connectivity index (χ0) is 15.2. The molecular formula is C16H21ClN2OS. The lowest BCUT2D eigenvalue weighted by atomic mass is 10.2. The van der Waals surface area contributed by atoms with Crippen LogP contribution >= 0.6 is 22.9 Å². The van der Waals surface area contributed by atoms with E-state index in [1.165, 1.54) is 0 Å². The average Bonchev–Trinajstić information content (AvgIpc) is 2.87. The Morgan fingerprint density at radius 2 is 2.19 bits per heavy atom. The van der Waals surface area contributed by atoms with Gasteiger partial charge in [0, 0.05) is 11.9 Å². The molecule has 2 aromatic rings. The lowest BCUT2D eigenvalue weighted by Crippen LogP contribution is -2.18. The van der Waals surface area contributed by atoms with E-state index >= 15 is 0 Å². The van der Waals surface area contributed by atoms with Gasteiger partial charge in [-0.2, -0.15) is 0 Å². The third-order valence-corrected chi connectivity index (χ3v) is 4.10. The van der Waals surface area contributed by atoms with Crippen molar-refractivity contribution in [1.29, 1.82) is 0 Å². The van der Waals surface area contributed by atoms with Crippen LogP contribution in [0.25, 0.3) is 0 Å². The summed E-state index contributed by atoms with van der Waals surface area (Å²) in [7, 11) is 0. The molecule has 0 aliphatic carbocycles. The van der Waals surface area contributed by atoms with Crippen LogP contribution in [0.4, 0.5) is 0 Å². The highest BCUT2D eigenvalue weighted by atomic mass is 35.5. The highest BCUT2D eigenvalue weighted by Gasteiger charge is 2.06. The van der Waals surface area contributed by atoms with Crippen molar-refractivity contribution in [3.8, 4) is 5.75 Å². The van der Waals surface area contributed by atoms with Crippen molar-refractivity contribution in [2.24, 2.45) is 5.92 Å². The molecule has 0 bridgehead atoms. The molecule has 0 aliphatic rings. The fraction of sp³-hybridized carbons (Fsp3) is 0.438. The van der Waals surface area contributed by atoms with Gasteiger partial charge in [-0.15, -0.1) is 11.3 Å². The molecule has 21 heavy (non-hydrogen) atoms. The molecule has 0 radical (unpaired) electrons. The van der Waals surface area contributed by atoms with Gasteiger partial charge in [-0.25, -0.2) is 4.98 Å². The predicted molar refractivity (Wildman–Crippen MR) is 89.2 cm³/mol. The molecule has 1 N–H and O–H groups in total. The van der Waals surface area contributed by atoms with Crippen molar-refractivity contribution in [2.45, 2.75) is 33.9 Å². The number of thiazole rings is 1. The second-order valence-corrected chi connectivity index (χ2v) is 6.83. The van der Waals surface area contributed by atoms with Crippen molar-refractivity contribution < 1.29 is 4.74 Å². The van der Waals surface area contributed by atoms with Crippen LogP contribution in [0, 0.1) is 12.8 Å². The van der Waals surface area contributed by atoms with Gasteiger partial charge in [-0.3, -0.25) is 0 Å². The minimum atomic E-state index is 0.448. The smallest absolute Gasteiger partial charge is 0.138 e. The van der Waals surface area contributed by atoms with Gasteiger partial charge < -0.3 is 10.1 Å². The predicted octanol–water partition coefficient (Wildman–Crippen LogP) is 4.43. The van der Waals surface area contributed by atoms with E-state index in [1.807, 2.05) is 30.5 Å². The molecule has 0 amide bonds. The summed E-state index contributed by atoms with van der Waals surface area (Å²) in [5.41, 5.74) is 2.07. The van der Waals surface area contributed by atoms with Gasteiger partial charge in [-0.05, 0) is 37.1 Å². The number of nitrogens with one attached hydrogen (secondary N) is 1. The monoisotopic (exact) mass is 324 g/mol. The fourth-order valence-electron chi connectivity index (χ4n) is 1.84. The van der Waals surface area contributed by atoms with Crippen molar-refractivity contribution in [1.82, 2.24) is 10.3 Å². The standard InChI is InChI=1S/C16H21ClN2OS/c1-11(2)7-18-8-16-19-13(10-21-16)9-20-15-6-12(3)4-5-14(15)17/h4-6,10-11,18H,7-9H2,1-3H3. The Balaban J connectivity index is 1.86. The summed E-state index contributed by atoms with van der Waals surface area (Å²) < 4.78 is 5.75. The van der Waals surface area contributed by atoms with Gasteiger partial charge in [0.15, 0.2) is 0 Å². The Kier molecular flexibility index (Phi) is 6.03. The van der Waals surface area contributed by atoms with E-state index in [9.17, 15) is 0 Å². The van der Waals surface area contributed by atoms with E-state index in [1.54, 1.807) is 11.3 Å². The Morgan fingerprint density at radius 3 is 2.95 bits per heavy atom. The quantitative estimate of drug-likeness (QED) is 0.818. The normalized spacial score (nSPS) is 11.1. The topological polar surface area (TPSA) is 34.1 Å². The van der Waals surface area contributed by atoms with Gasteiger partial charge >= 0.3 is 0 Å². The number of hydrogen-bond acceptors (Lipinski definition) is 4. The number of ether oxygens (including phenoxy) is 1. The Morgan fingerprint density at radius 1 is 1.38 bits per heavy atom. The molecule has 2 rings (SSSR count). The molecule has 0 atom stereocenters. The molecule has 0 unspecified atom stereocenters. The maximum Gasteiger partial charge on any atom is 0.138 e. The summed E-state index contributed by atoms with van der Waals surface area (Å²) in [6.45, 7) is 8.67. The molecule has 1 heterocycles. The largest absolute Gasteiger partial charge is 0.486 e. The lowest BCUT2D eigenvalue weighted by Gasteiger charge is -2.07. The van der Waals surface area contributed by atoms with Crippen LogP contribution in [-0.4, -0.2) is 11.5 Å². The summed E-state index contributed by atoms with van der Waals surface area (Å²) in [6.07, 6.45) is 0. The molecule has 3 nitrogen and oxygen atoms in total. The lowest BCUT2D eigenvalue weighted by molar-refractivity contribution is 0.302. The molecule has 0 aliphatic heterocycles. The number of aromatic nitrogens is 1. The molecule has 5 heteroatoms. The van der Waals surface area contributed by atoms with Crippen molar-refractivity contribution >= 4 is 22.9 Å². The van der Waals surface area contributed by atoms with Crippen LogP contribution in [0.5, 0.6) is 5.75 Å². The number of rotatable bonds is 7. The highest BCUT2D eigenvalue weighted by Crippen LogP contribution is 2.26. The average molecular weight is 325 g/mol. The van der Waals surface area contributed by atoms with E-state index in [0.717, 1.165) is 29.4 Å². The van der Waals surface area contributed by atoms with Gasteiger partial charge in [0.2, 0.25) is 0 Å². The van der Waals surface area contributed by atoms with Gasteiger partial charge in [0.05, 0.1) is 10.7 Å². The summed E-state index contributed by atoms with van der Waals surface area (Å²) >= 11 is 7.77. The first-order chi connectivity index (χ1) is 10.0. The van der Waals surface area contributed by atoms with Crippen molar-refractivity contribution in [2.75, 3.05) is 6.54 Å². The highest BCUT2D eigenvalue weighted by molar-refractivity contribution is 7.09. The summed E-state index contributed by atoms with van der Waals surface area (Å²) in [4.78, 5) is 4.56. The maximum atomic E-state index is 6.11. The Hall–Kier alpha value is -1.10. The fourth-order valence-corrected chi connectivity index (χ4v) is 2.76. The SMILES string of the molecule is Cc1ccc(Cl)c(OCc2csc(CNCC(C)C)n2)c1. The van der Waals surface area contributed by atoms with Crippen molar-refractivity contribution in [3.63, 3.8) is 0 Å². The number of hydrogen-bond donors (Lipinski definition) is 1. The third kappa shape index (κ3) is 5.30. The number of nitrogens with zero attached hydrogens (tertiary/aromatic N) is 1. The van der Waals surface area contributed by atoms with Gasteiger partial charge in [-0.1, -0.05) is 31.5 Å². The van der Waals surface area contributed by atoms with Crippen LogP contribution in [0.1, 0.15) is 30.1 Å². The summed E-state index contributed by atoms with van der Waals surface area (Å²) in [6, 6.07) is 5.77. The zero-order valence-electron chi connectivity index (χ0n) is 12.6. The molecule has 0 fully saturated rings. The van der Waals surface area contributed by atoms with E-state index < -0.39 is 0 Å². The molecule has 0 saturated heterocycles. The first-order valence-electron chi connectivity index (χ1n) is 7.07. The van der Waals surface area contributed by atoms with Gasteiger partial charge in [0.1, 0.15) is 17.4 Å². The number of benzene rings is 1. The van der Waals surface area contributed by atoms with Crippen LogP contribution in [-0.2, 0) is 13.2 Å². The van der Waals surface area contributed by atoms with Crippen LogP contribution in [0.15, 0.2) is 23.6 Å². The number of aryl methyl sites for hydroxylation is 1. The first-order valence-corrected chi connectivity index (χ1v) is 8.33. The van der Waals surface area contributed by atoms with Crippen LogP contribution in [0.3, 0.4) is 0 Å². The number of halogens is 1. The molecule has 1 aromatic carbocycles. The minimum absolute atomic E-state index is 0.448.